The molecule has 0 bridgehead atoms. The van der Waals surface area contributed by atoms with Crippen LogP contribution in [0.2, 0.25) is 0 Å². The first kappa shape index (κ1) is 26.2. The quantitative estimate of drug-likeness (QED) is 0.243. The van der Waals surface area contributed by atoms with Crippen LogP contribution in [-0.2, 0) is 32.2 Å². The summed E-state index contributed by atoms with van der Waals surface area (Å²) in [5.74, 6) is -1.30. The number of fused-ring (bicyclic) bond motifs is 3. The summed E-state index contributed by atoms with van der Waals surface area (Å²) in [5, 5.41) is 2.16. The molecule has 5 rings (SSSR count). The minimum absolute atomic E-state index is 0.0241. The smallest absolute Gasteiger partial charge is 0.435 e. The highest BCUT2D eigenvalue weighted by Gasteiger charge is 2.44. The molecular formula is C30H25N3O7. The summed E-state index contributed by atoms with van der Waals surface area (Å²) in [7, 11) is 1.16. The van der Waals surface area contributed by atoms with Gasteiger partial charge in [0.15, 0.2) is 11.5 Å². The zero-order valence-corrected chi connectivity index (χ0v) is 21.8. The molecule has 1 aromatic heterocycles. The Morgan fingerprint density at radius 3 is 1.77 bits per heavy atom. The number of hydrogen-bond acceptors (Lipinski definition) is 7. The summed E-state index contributed by atoms with van der Waals surface area (Å²) in [4.78, 5) is 53.3. The van der Waals surface area contributed by atoms with E-state index in [1.54, 1.807) is 72.8 Å². The molecule has 2 heterocycles. The highest BCUT2D eigenvalue weighted by molar-refractivity contribution is 6.12. The number of para-hydroxylation sites is 1. The fourth-order valence-corrected chi connectivity index (χ4v) is 4.48. The Balaban J connectivity index is 1.64. The molecule has 0 aliphatic carbocycles. The van der Waals surface area contributed by atoms with Gasteiger partial charge in [-0.2, -0.15) is 10.0 Å². The van der Waals surface area contributed by atoms with Gasteiger partial charge in [0.25, 0.3) is 0 Å². The molecule has 4 aromatic rings. The van der Waals surface area contributed by atoms with Gasteiger partial charge in [0, 0.05) is 17.9 Å². The summed E-state index contributed by atoms with van der Waals surface area (Å²) in [5.41, 5.74) is 1.92. The maximum atomic E-state index is 13.8. The van der Waals surface area contributed by atoms with Crippen LogP contribution < -0.4 is 5.01 Å². The van der Waals surface area contributed by atoms with Gasteiger partial charge in [0.2, 0.25) is 5.91 Å². The van der Waals surface area contributed by atoms with E-state index >= 15 is 0 Å². The van der Waals surface area contributed by atoms with Gasteiger partial charge < -0.3 is 14.2 Å². The predicted molar refractivity (Wildman–Crippen MR) is 146 cm³/mol. The van der Waals surface area contributed by atoms with E-state index in [0.29, 0.717) is 27.6 Å². The number of carbonyl (C=O) groups is 4. The van der Waals surface area contributed by atoms with E-state index in [2.05, 4.69) is 0 Å². The summed E-state index contributed by atoms with van der Waals surface area (Å²) >= 11 is 0. The molecule has 3 aromatic carbocycles. The first-order chi connectivity index (χ1) is 19.4. The Hall–Kier alpha value is -5.38. The van der Waals surface area contributed by atoms with Crippen molar-refractivity contribution in [2.75, 3.05) is 12.1 Å². The molecule has 0 atom stereocenters. The van der Waals surface area contributed by atoms with Gasteiger partial charge in [-0.3, -0.25) is 9.36 Å². The number of hydrazine groups is 1. The summed E-state index contributed by atoms with van der Waals surface area (Å²) < 4.78 is 17.4. The lowest BCUT2D eigenvalue weighted by atomic mass is 10.1. The number of carbonyl (C=O) groups excluding carboxylic acids is 4. The van der Waals surface area contributed by atoms with Gasteiger partial charge in [0.05, 0.1) is 12.6 Å². The van der Waals surface area contributed by atoms with Crippen LogP contribution in [0.25, 0.3) is 17.0 Å². The molecule has 0 N–H and O–H groups in total. The summed E-state index contributed by atoms with van der Waals surface area (Å²) in [6.45, 7) is 1.06. The highest BCUT2D eigenvalue weighted by atomic mass is 16.6. The third-order valence-electron chi connectivity index (χ3n) is 6.26. The zero-order valence-electron chi connectivity index (χ0n) is 21.8. The van der Waals surface area contributed by atoms with Crippen molar-refractivity contribution in [1.29, 1.82) is 0 Å². The van der Waals surface area contributed by atoms with Crippen LogP contribution >= 0.6 is 0 Å². The van der Waals surface area contributed by atoms with E-state index in [4.69, 9.17) is 14.2 Å². The highest BCUT2D eigenvalue weighted by Crippen LogP contribution is 2.41. The molecule has 1 aliphatic rings. The van der Waals surface area contributed by atoms with Crippen molar-refractivity contribution in [2.24, 2.45) is 0 Å². The van der Waals surface area contributed by atoms with Gasteiger partial charge in [-0.1, -0.05) is 78.9 Å². The van der Waals surface area contributed by atoms with E-state index in [9.17, 15) is 19.2 Å². The maximum absolute atomic E-state index is 13.8. The predicted octanol–water partition coefficient (Wildman–Crippen LogP) is 5.53. The summed E-state index contributed by atoms with van der Waals surface area (Å²) in [6, 6.07) is 24.8. The lowest BCUT2D eigenvalue weighted by Gasteiger charge is -2.36. The fraction of sp³-hybridized carbons (Fsp3) is 0.133. The van der Waals surface area contributed by atoms with Crippen LogP contribution in [-0.4, -0.2) is 40.7 Å². The first-order valence-electron chi connectivity index (χ1n) is 12.4. The Bertz CT molecular complexity index is 1630. The monoisotopic (exact) mass is 539 g/mol. The molecule has 0 saturated heterocycles. The number of benzene rings is 3. The van der Waals surface area contributed by atoms with E-state index in [0.717, 1.165) is 17.1 Å². The van der Waals surface area contributed by atoms with Crippen molar-refractivity contribution in [3.05, 3.63) is 107 Å². The number of ether oxygens (including phenoxy) is 3. The number of aromatic nitrogens is 1. The maximum Gasteiger partial charge on any atom is 0.435 e. The molecule has 0 fully saturated rings. The summed E-state index contributed by atoms with van der Waals surface area (Å²) in [6.07, 6.45) is -0.669. The third-order valence-corrected chi connectivity index (χ3v) is 6.26. The molecule has 0 unspecified atom stereocenters. The van der Waals surface area contributed by atoms with E-state index < -0.39 is 24.1 Å². The van der Waals surface area contributed by atoms with Crippen LogP contribution in [0.1, 0.15) is 28.4 Å². The van der Waals surface area contributed by atoms with E-state index in [1.807, 2.05) is 12.1 Å². The Morgan fingerprint density at radius 2 is 1.23 bits per heavy atom. The topological polar surface area (TPSA) is 107 Å². The fourth-order valence-electron chi connectivity index (χ4n) is 4.48. The average molecular weight is 540 g/mol. The van der Waals surface area contributed by atoms with Crippen molar-refractivity contribution >= 4 is 46.9 Å². The van der Waals surface area contributed by atoms with Gasteiger partial charge in [-0.15, -0.1) is 0 Å². The Labute approximate surface area is 229 Å². The van der Waals surface area contributed by atoms with Gasteiger partial charge in [-0.05, 0) is 23.3 Å². The van der Waals surface area contributed by atoms with Crippen molar-refractivity contribution < 1.29 is 33.4 Å². The average Bonchev–Trinajstić information content (AvgIpc) is 3.32. The number of esters is 1. The second-order valence-corrected chi connectivity index (χ2v) is 8.83. The van der Waals surface area contributed by atoms with Crippen LogP contribution in [0.5, 0.6) is 0 Å². The molecular weight excluding hydrogens is 514 g/mol. The molecule has 0 spiro atoms. The third kappa shape index (κ3) is 4.90. The standard InChI is InChI=1S/C30H25N3O7/c1-20(34)31-25-16-10-9-15-23(25)24-17-26(28(35)38-2)32(29(36)39-18-21-11-5-3-6-12-21)33(27(24)31)30(37)40-19-22-13-7-4-8-14-22/h3-17H,18-19H2,1-2H3. The van der Waals surface area contributed by atoms with Gasteiger partial charge in [-0.25, -0.2) is 14.4 Å². The Morgan fingerprint density at radius 1 is 0.700 bits per heavy atom. The molecule has 1 aliphatic heterocycles. The van der Waals surface area contributed by atoms with Crippen molar-refractivity contribution in [3.8, 4) is 0 Å². The molecule has 2 amide bonds. The minimum Gasteiger partial charge on any atom is -0.464 e. The van der Waals surface area contributed by atoms with Crippen molar-refractivity contribution in [2.45, 2.75) is 20.1 Å². The van der Waals surface area contributed by atoms with Crippen molar-refractivity contribution in [1.82, 2.24) is 9.58 Å². The second kappa shape index (κ2) is 11.2. The largest absolute Gasteiger partial charge is 0.464 e. The number of rotatable bonds is 5. The van der Waals surface area contributed by atoms with Crippen molar-refractivity contribution in [3.63, 3.8) is 0 Å². The number of anilines is 1. The number of hydrogen-bond donors (Lipinski definition) is 0. The molecule has 202 valence electrons. The first-order valence-corrected chi connectivity index (χ1v) is 12.4. The van der Waals surface area contributed by atoms with Crippen LogP contribution in [0, 0.1) is 0 Å². The van der Waals surface area contributed by atoms with Gasteiger partial charge >= 0.3 is 18.2 Å². The SMILES string of the molecule is COC(=O)C1=Cc2c(n(C(C)=O)c3ccccc23)N(C(=O)OCc2ccccc2)N1C(=O)OCc1ccccc1. The second-order valence-electron chi connectivity index (χ2n) is 8.83. The molecule has 0 radical (unpaired) electrons. The lowest BCUT2D eigenvalue weighted by molar-refractivity contribution is -0.137. The molecule has 10 heteroatoms. The number of methoxy groups -OCH3 is 1. The van der Waals surface area contributed by atoms with Crippen LogP contribution in [0.3, 0.4) is 0 Å². The van der Waals surface area contributed by atoms with Gasteiger partial charge in [0.1, 0.15) is 13.2 Å². The molecule has 10 nitrogen and oxygen atoms in total. The number of nitrogens with zero attached hydrogens (tertiary/aromatic N) is 3. The minimum atomic E-state index is -1.05. The zero-order chi connectivity index (χ0) is 28.2. The van der Waals surface area contributed by atoms with E-state index in [1.165, 1.54) is 17.6 Å². The lowest BCUT2D eigenvalue weighted by Crippen LogP contribution is -2.53. The van der Waals surface area contributed by atoms with Crippen LogP contribution in [0.4, 0.5) is 15.4 Å². The Kier molecular flexibility index (Phi) is 7.32. The van der Waals surface area contributed by atoms with Crippen LogP contribution in [0.15, 0.2) is 90.6 Å². The number of amides is 2. The normalized spacial score (nSPS) is 12.4. The molecule has 0 saturated carbocycles. The van der Waals surface area contributed by atoms with E-state index in [-0.39, 0.29) is 24.7 Å². The molecule has 40 heavy (non-hydrogen) atoms.